The molecule has 4 heteroatoms. The van der Waals surface area contributed by atoms with E-state index < -0.39 is 0 Å². The van der Waals surface area contributed by atoms with E-state index in [0.717, 1.165) is 6.42 Å². The van der Waals surface area contributed by atoms with E-state index in [4.69, 9.17) is 0 Å². The molecular formula is C16H24N4. The van der Waals surface area contributed by atoms with E-state index in [1.54, 1.807) is 6.33 Å². The van der Waals surface area contributed by atoms with Gasteiger partial charge in [0.05, 0.1) is 0 Å². The summed E-state index contributed by atoms with van der Waals surface area (Å²) in [5.74, 6) is 1.26. The molecule has 1 aromatic heterocycles. The third-order valence-corrected chi connectivity index (χ3v) is 5.24. The van der Waals surface area contributed by atoms with Crippen molar-refractivity contribution in [1.82, 2.24) is 15.3 Å². The first kappa shape index (κ1) is 12.6. The van der Waals surface area contributed by atoms with Gasteiger partial charge in [-0.15, -0.1) is 0 Å². The van der Waals surface area contributed by atoms with Crippen molar-refractivity contribution >= 4 is 5.82 Å². The quantitative estimate of drug-likeness (QED) is 0.895. The molecule has 2 unspecified atom stereocenters. The molecule has 108 valence electrons. The summed E-state index contributed by atoms with van der Waals surface area (Å²) in [6.45, 7) is 2.36. The Kier molecular flexibility index (Phi) is 3.34. The molecule has 2 atom stereocenters. The van der Waals surface area contributed by atoms with E-state index in [1.807, 2.05) is 0 Å². The van der Waals surface area contributed by atoms with Crippen molar-refractivity contribution in [3.05, 3.63) is 17.6 Å². The number of hydrogen-bond donors (Lipinski definition) is 1. The van der Waals surface area contributed by atoms with Gasteiger partial charge in [0.1, 0.15) is 12.1 Å². The number of anilines is 1. The van der Waals surface area contributed by atoms with Gasteiger partial charge in [0.2, 0.25) is 0 Å². The Bertz CT molecular complexity index is 481. The maximum Gasteiger partial charge on any atom is 0.135 e. The van der Waals surface area contributed by atoms with E-state index in [2.05, 4.69) is 20.2 Å². The second kappa shape index (κ2) is 5.32. The van der Waals surface area contributed by atoms with E-state index in [9.17, 15) is 0 Å². The number of piperidine rings is 1. The molecule has 1 N–H and O–H groups in total. The van der Waals surface area contributed by atoms with Crippen molar-refractivity contribution in [3.8, 4) is 0 Å². The third kappa shape index (κ3) is 2.10. The van der Waals surface area contributed by atoms with Crippen LogP contribution in [-0.2, 0) is 12.8 Å². The number of aryl methyl sites for hydroxylation is 1. The SMILES string of the molecule is c1nc2c(c(N3CCCCC3C3CCCN3)n1)CCC2. The zero-order valence-electron chi connectivity index (χ0n) is 12.1. The molecule has 0 spiro atoms. The van der Waals surface area contributed by atoms with Crippen LogP contribution in [0.1, 0.15) is 49.8 Å². The summed E-state index contributed by atoms with van der Waals surface area (Å²) >= 11 is 0. The lowest BCUT2D eigenvalue weighted by Crippen LogP contribution is -2.51. The van der Waals surface area contributed by atoms with Crippen LogP contribution in [0.3, 0.4) is 0 Å². The average molecular weight is 272 g/mol. The Morgan fingerprint density at radius 2 is 2.05 bits per heavy atom. The third-order valence-electron chi connectivity index (χ3n) is 5.24. The van der Waals surface area contributed by atoms with Gasteiger partial charge < -0.3 is 10.2 Å². The fourth-order valence-corrected chi connectivity index (χ4v) is 4.27. The molecule has 2 aliphatic heterocycles. The second-order valence-corrected chi connectivity index (χ2v) is 6.44. The van der Waals surface area contributed by atoms with Crippen LogP contribution < -0.4 is 10.2 Å². The van der Waals surface area contributed by atoms with Gasteiger partial charge in [0.15, 0.2) is 0 Å². The van der Waals surface area contributed by atoms with Gasteiger partial charge >= 0.3 is 0 Å². The Balaban J connectivity index is 1.66. The van der Waals surface area contributed by atoms with Crippen LogP contribution in [0, 0.1) is 0 Å². The average Bonchev–Trinajstić information content (AvgIpc) is 3.18. The van der Waals surface area contributed by atoms with Crippen LogP contribution in [0.5, 0.6) is 0 Å². The second-order valence-electron chi connectivity index (χ2n) is 6.44. The molecule has 0 aromatic carbocycles. The number of hydrogen-bond acceptors (Lipinski definition) is 4. The predicted molar refractivity (Wildman–Crippen MR) is 80.1 cm³/mol. The first-order valence-corrected chi connectivity index (χ1v) is 8.26. The van der Waals surface area contributed by atoms with Crippen molar-refractivity contribution in [3.63, 3.8) is 0 Å². The molecule has 0 amide bonds. The van der Waals surface area contributed by atoms with E-state index in [-0.39, 0.29) is 0 Å². The standard InChI is InChI=1S/C16H24N4/c1-2-10-20(15(8-1)14-7-4-9-17-14)16-12-5-3-6-13(12)18-11-19-16/h11,14-15,17H,1-10H2. The van der Waals surface area contributed by atoms with Gasteiger partial charge in [-0.2, -0.15) is 0 Å². The molecule has 4 rings (SSSR count). The van der Waals surface area contributed by atoms with E-state index >= 15 is 0 Å². The molecule has 4 nitrogen and oxygen atoms in total. The van der Waals surface area contributed by atoms with Crippen molar-refractivity contribution in [1.29, 1.82) is 0 Å². The summed E-state index contributed by atoms with van der Waals surface area (Å²) in [4.78, 5) is 11.8. The molecule has 20 heavy (non-hydrogen) atoms. The van der Waals surface area contributed by atoms with Crippen LogP contribution in [0.4, 0.5) is 5.82 Å². The highest BCUT2D eigenvalue weighted by molar-refractivity contribution is 5.52. The number of nitrogens with zero attached hydrogens (tertiary/aromatic N) is 3. The largest absolute Gasteiger partial charge is 0.352 e. The molecule has 2 fully saturated rings. The summed E-state index contributed by atoms with van der Waals surface area (Å²) in [5.41, 5.74) is 2.75. The number of fused-ring (bicyclic) bond motifs is 1. The first-order chi connectivity index (χ1) is 9.93. The van der Waals surface area contributed by atoms with Gasteiger partial charge in [0.25, 0.3) is 0 Å². The molecular weight excluding hydrogens is 248 g/mol. The van der Waals surface area contributed by atoms with Crippen LogP contribution >= 0.6 is 0 Å². The minimum Gasteiger partial charge on any atom is -0.352 e. The van der Waals surface area contributed by atoms with Crippen molar-refractivity contribution in [2.75, 3.05) is 18.0 Å². The highest BCUT2D eigenvalue weighted by Crippen LogP contribution is 2.33. The Morgan fingerprint density at radius 1 is 1.05 bits per heavy atom. The molecule has 3 heterocycles. The smallest absolute Gasteiger partial charge is 0.135 e. The van der Waals surface area contributed by atoms with E-state index in [1.165, 1.54) is 75.1 Å². The van der Waals surface area contributed by atoms with Crippen LogP contribution in [0.15, 0.2) is 6.33 Å². The predicted octanol–water partition coefficient (Wildman–Crippen LogP) is 2.08. The Labute approximate surface area is 121 Å². The summed E-state index contributed by atoms with van der Waals surface area (Å²) in [6, 6.07) is 1.31. The highest BCUT2D eigenvalue weighted by Gasteiger charge is 2.34. The molecule has 2 saturated heterocycles. The van der Waals surface area contributed by atoms with Crippen LogP contribution in [-0.4, -0.2) is 35.1 Å². The Morgan fingerprint density at radius 3 is 2.95 bits per heavy atom. The normalized spacial score (nSPS) is 29.7. The molecule has 1 aliphatic carbocycles. The summed E-state index contributed by atoms with van der Waals surface area (Å²) in [6.07, 6.45) is 12.0. The van der Waals surface area contributed by atoms with Gasteiger partial charge in [-0.25, -0.2) is 9.97 Å². The lowest BCUT2D eigenvalue weighted by atomic mass is 9.94. The maximum absolute atomic E-state index is 4.68. The van der Waals surface area contributed by atoms with Gasteiger partial charge in [0, 0.05) is 29.9 Å². The van der Waals surface area contributed by atoms with E-state index in [0.29, 0.717) is 12.1 Å². The fourth-order valence-electron chi connectivity index (χ4n) is 4.27. The number of nitrogens with one attached hydrogen (secondary N) is 1. The fraction of sp³-hybridized carbons (Fsp3) is 0.750. The van der Waals surface area contributed by atoms with Crippen molar-refractivity contribution in [2.45, 2.75) is 63.5 Å². The summed E-state index contributed by atoms with van der Waals surface area (Å²) in [7, 11) is 0. The minimum atomic E-state index is 0.644. The van der Waals surface area contributed by atoms with Gasteiger partial charge in [-0.3, -0.25) is 0 Å². The topological polar surface area (TPSA) is 41.1 Å². The number of aromatic nitrogens is 2. The molecule has 3 aliphatic rings. The monoisotopic (exact) mass is 272 g/mol. The number of rotatable bonds is 2. The van der Waals surface area contributed by atoms with Gasteiger partial charge in [-0.05, 0) is 57.9 Å². The van der Waals surface area contributed by atoms with Crippen molar-refractivity contribution in [2.24, 2.45) is 0 Å². The summed E-state index contributed by atoms with van der Waals surface area (Å²) in [5, 5.41) is 3.71. The van der Waals surface area contributed by atoms with Gasteiger partial charge in [-0.1, -0.05) is 0 Å². The molecule has 0 saturated carbocycles. The minimum absolute atomic E-state index is 0.644. The van der Waals surface area contributed by atoms with Crippen LogP contribution in [0.2, 0.25) is 0 Å². The lowest BCUT2D eigenvalue weighted by Gasteiger charge is -2.40. The zero-order valence-corrected chi connectivity index (χ0v) is 12.1. The highest BCUT2D eigenvalue weighted by atomic mass is 15.3. The first-order valence-electron chi connectivity index (χ1n) is 8.26. The zero-order chi connectivity index (χ0) is 13.4. The van der Waals surface area contributed by atoms with Crippen molar-refractivity contribution < 1.29 is 0 Å². The molecule has 1 aromatic rings. The maximum atomic E-state index is 4.68. The molecule has 0 radical (unpaired) electrons. The lowest BCUT2D eigenvalue weighted by molar-refractivity contribution is 0.375. The Hall–Kier alpha value is -1.16. The summed E-state index contributed by atoms with van der Waals surface area (Å²) < 4.78 is 0. The van der Waals surface area contributed by atoms with Crippen LogP contribution in [0.25, 0.3) is 0 Å². The molecule has 0 bridgehead atoms.